The normalized spacial score (nSPS) is 11.3. The van der Waals surface area contributed by atoms with Gasteiger partial charge in [-0.25, -0.2) is 4.89 Å². The molecule has 0 rings (SSSR count). The zero-order chi connectivity index (χ0) is 16.1. The number of rotatable bonds is 19. The Balaban J connectivity index is 2.91. The topological polar surface area (TPSA) is 27.7 Å². The zero-order valence-electron chi connectivity index (χ0n) is 15.2. The third-order valence-corrected chi connectivity index (χ3v) is 4.33. The van der Waals surface area contributed by atoms with Gasteiger partial charge in [0.15, 0.2) is 10.5 Å². The first-order valence-electron chi connectivity index (χ1n) is 9.74. The molecule has 0 unspecified atom stereocenters. The standard InChI is InChI=1S/C18H40O3Si/c1-2-3-4-5-6-7-8-9-10-11-12-13-14-15-16-17-18-19-20-21-22/h2-18H2,1,22H3. The molecule has 0 atom stereocenters. The van der Waals surface area contributed by atoms with Crippen LogP contribution in [0.3, 0.4) is 0 Å². The van der Waals surface area contributed by atoms with Crippen molar-refractivity contribution in [1.29, 1.82) is 0 Å². The van der Waals surface area contributed by atoms with E-state index in [1.54, 1.807) is 0 Å². The van der Waals surface area contributed by atoms with E-state index in [0.717, 1.165) is 6.42 Å². The van der Waals surface area contributed by atoms with Crippen LogP contribution in [0.4, 0.5) is 0 Å². The highest BCUT2D eigenvalue weighted by molar-refractivity contribution is 5.97. The number of unbranched alkanes of at least 4 members (excludes halogenated alkanes) is 15. The molecule has 0 spiro atoms. The Hall–Kier alpha value is 0.0969. The molecule has 0 aromatic heterocycles. The molecular weight excluding hydrogens is 292 g/mol. The van der Waals surface area contributed by atoms with E-state index in [-0.39, 0.29) is 0 Å². The van der Waals surface area contributed by atoms with Crippen LogP contribution in [0.25, 0.3) is 0 Å². The van der Waals surface area contributed by atoms with Crippen molar-refractivity contribution in [3.8, 4) is 0 Å². The maximum absolute atomic E-state index is 4.81. The summed E-state index contributed by atoms with van der Waals surface area (Å²) in [5.74, 6) is 0. The van der Waals surface area contributed by atoms with Gasteiger partial charge in [0.05, 0.1) is 6.61 Å². The second kappa shape index (κ2) is 21.1. The molecule has 0 radical (unpaired) electrons. The summed E-state index contributed by atoms with van der Waals surface area (Å²) < 4.78 is 4.49. The number of hydrogen-bond acceptors (Lipinski definition) is 3. The van der Waals surface area contributed by atoms with Crippen LogP contribution in [-0.2, 0) is 14.5 Å². The van der Waals surface area contributed by atoms with Gasteiger partial charge in [-0.05, 0) is 6.42 Å². The minimum Gasteiger partial charge on any atom is -0.269 e. The van der Waals surface area contributed by atoms with E-state index < -0.39 is 0 Å². The van der Waals surface area contributed by atoms with Crippen molar-refractivity contribution in [2.75, 3.05) is 6.61 Å². The lowest BCUT2D eigenvalue weighted by Crippen LogP contribution is -1.96. The highest BCUT2D eigenvalue weighted by atomic mass is 28.2. The Morgan fingerprint density at radius 1 is 0.545 bits per heavy atom. The van der Waals surface area contributed by atoms with Crippen LogP contribution in [0.1, 0.15) is 110 Å². The summed E-state index contributed by atoms with van der Waals surface area (Å²) in [5.41, 5.74) is 0. The van der Waals surface area contributed by atoms with Crippen LogP contribution >= 0.6 is 0 Å². The first kappa shape index (κ1) is 22.1. The molecule has 0 aromatic rings. The Bertz CT molecular complexity index is 171. The molecule has 0 saturated heterocycles. The molecule has 22 heavy (non-hydrogen) atoms. The summed E-state index contributed by atoms with van der Waals surface area (Å²) in [4.78, 5) is 4.81. The molecule has 0 heterocycles. The summed E-state index contributed by atoms with van der Waals surface area (Å²) in [6.07, 6.45) is 22.2. The summed E-state index contributed by atoms with van der Waals surface area (Å²) in [6, 6.07) is 0. The van der Waals surface area contributed by atoms with Gasteiger partial charge in [0, 0.05) is 0 Å². The van der Waals surface area contributed by atoms with Crippen LogP contribution in [0, 0.1) is 0 Å². The Kier molecular flexibility index (Phi) is 21.2. The Morgan fingerprint density at radius 2 is 0.909 bits per heavy atom. The molecule has 0 saturated carbocycles. The summed E-state index contributed by atoms with van der Waals surface area (Å²) in [7, 11) is 0.563. The molecule has 0 amide bonds. The van der Waals surface area contributed by atoms with Crippen molar-refractivity contribution in [1.82, 2.24) is 0 Å². The third-order valence-electron chi connectivity index (χ3n) is 4.20. The zero-order valence-corrected chi connectivity index (χ0v) is 17.2. The van der Waals surface area contributed by atoms with Gasteiger partial charge >= 0.3 is 0 Å². The monoisotopic (exact) mass is 332 g/mol. The highest BCUT2D eigenvalue weighted by Gasteiger charge is 1.95. The minimum atomic E-state index is 0.563. The first-order chi connectivity index (χ1) is 10.9. The maximum atomic E-state index is 4.81. The molecule has 0 aliphatic heterocycles. The number of hydrogen-bond donors (Lipinski definition) is 0. The molecule has 134 valence electrons. The molecule has 0 N–H and O–H groups in total. The summed E-state index contributed by atoms with van der Waals surface area (Å²) >= 11 is 0. The lowest BCUT2D eigenvalue weighted by molar-refractivity contribution is -0.467. The van der Waals surface area contributed by atoms with E-state index in [1.807, 2.05) is 0 Å². The van der Waals surface area contributed by atoms with Crippen LogP contribution in [0.2, 0.25) is 0 Å². The quantitative estimate of drug-likeness (QED) is 0.137. The largest absolute Gasteiger partial charge is 0.269 e. The SMILES string of the molecule is CCCCCCCCCCCCCCCCCCOOO[SiH3]. The summed E-state index contributed by atoms with van der Waals surface area (Å²) in [5, 5.41) is 4.42. The minimum absolute atomic E-state index is 0.563. The second-order valence-corrected chi connectivity index (χ2v) is 6.69. The van der Waals surface area contributed by atoms with Gasteiger partial charge in [0.25, 0.3) is 0 Å². The predicted octanol–water partition coefficient (Wildman–Crippen LogP) is 5.41. The second-order valence-electron chi connectivity index (χ2n) is 6.36. The molecule has 4 heteroatoms. The van der Waals surface area contributed by atoms with Crippen molar-refractivity contribution in [3.63, 3.8) is 0 Å². The molecule has 0 fully saturated rings. The van der Waals surface area contributed by atoms with Gasteiger partial charge in [-0.3, -0.25) is 4.58 Å². The summed E-state index contributed by atoms with van der Waals surface area (Å²) in [6.45, 7) is 2.94. The van der Waals surface area contributed by atoms with E-state index in [9.17, 15) is 0 Å². The van der Waals surface area contributed by atoms with E-state index >= 15 is 0 Å². The Labute approximate surface area is 141 Å². The van der Waals surface area contributed by atoms with E-state index in [4.69, 9.17) is 4.89 Å². The molecule has 0 aliphatic rings. The van der Waals surface area contributed by atoms with Crippen LogP contribution in [0.15, 0.2) is 0 Å². The van der Waals surface area contributed by atoms with Gasteiger partial charge in [-0.2, -0.15) is 0 Å². The highest BCUT2D eigenvalue weighted by Crippen LogP contribution is 2.13. The molecule has 0 bridgehead atoms. The average molecular weight is 333 g/mol. The van der Waals surface area contributed by atoms with Gasteiger partial charge in [-0.1, -0.05) is 108 Å². The van der Waals surface area contributed by atoms with Crippen molar-refractivity contribution in [2.24, 2.45) is 0 Å². The van der Waals surface area contributed by atoms with Gasteiger partial charge < -0.3 is 0 Å². The smallest absolute Gasteiger partial charge is 0.197 e. The molecular formula is C18H40O3Si. The molecule has 0 aromatic carbocycles. The van der Waals surface area contributed by atoms with Gasteiger partial charge in [-0.15, -0.1) is 0 Å². The van der Waals surface area contributed by atoms with Gasteiger partial charge in [0.2, 0.25) is 0 Å². The first-order valence-corrected chi connectivity index (χ1v) is 10.6. The lowest BCUT2D eigenvalue weighted by Gasteiger charge is -2.03. The lowest BCUT2D eigenvalue weighted by atomic mass is 10.0. The molecule has 0 aliphatic carbocycles. The van der Waals surface area contributed by atoms with Crippen molar-refractivity contribution >= 4 is 10.5 Å². The van der Waals surface area contributed by atoms with Gasteiger partial charge in [0.1, 0.15) is 0 Å². The van der Waals surface area contributed by atoms with E-state index in [1.165, 1.54) is 96.3 Å². The fraction of sp³-hybridized carbons (Fsp3) is 1.00. The fourth-order valence-electron chi connectivity index (χ4n) is 2.79. The maximum Gasteiger partial charge on any atom is 0.197 e. The average Bonchev–Trinajstić information content (AvgIpc) is 2.54. The fourth-order valence-corrected chi connectivity index (χ4v) is 2.89. The Morgan fingerprint density at radius 3 is 1.27 bits per heavy atom. The third kappa shape index (κ3) is 20.1. The van der Waals surface area contributed by atoms with Crippen molar-refractivity contribution in [2.45, 2.75) is 110 Å². The van der Waals surface area contributed by atoms with Crippen LogP contribution in [0.5, 0.6) is 0 Å². The molecule has 3 nitrogen and oxygen atoms in total. The van der Waals surface area contributed by atoms with E-state index in [0.29, 0.717) is 17.1 Å². The van der Waals surface area contributed by atoms with Crippen LogP contribution in [-0.4, -0.2) is 17.1 Å². The van der Waals surface area contributed by atoms with Crippen molar-refractivity contribution < 1.29 is 14.5 Å². The van der Waals surface area contributed by atoms with Crippen LogP contribution < -0.4 is 0 Å². The van der Waals surface area contributed by atoms with E-state index in [2.05, 4.69) is 16.5 Å². The van der Waals surface area contributed by atoms with Crippen molar-refractivity contribution in [3.05, 3.63) is 0 Å². The predicted molar refractivity (Wildman–Crippen MR) is 97.6 cm³/mol.